The van der Waals surface area contributed by atoms with Crippen molar-refractivity contribution in [1.82, 2.24) is 9.97 Å². The lowest BCUT2D eigenvalue weighted by atomic mass is 10.0. The zero-order valence-corrected chi connectivity index (χ0v) is 14.0. The third-order valence-electron chi connectivity index (χ3n) is 4.21. The Kier molecular flexibility index (Phi) is 4.76. The number of aryl methyl sites for hydroxylation is 1. The fraction of sp³-hybridized carbons (Fsp3) is 0.444. The summed E-state index contributed by atoms with van der Waals surface area (Å²) in [4.78, 5) is 11.5. The van der Waals surface area contributed by atoms with Crippen LogP contribution in [-0.2, 0) is 11.3 Å². The number of rotatable bonds is 5. The van der Waals surface area contributed by atoms with Crippen LogP contribution in [0.5, 0.6) is 5.75 Å². The Hall–Kier alpha value is -2.14. The number of anilines is 1. The van der Waals surface area contributed by atoms with Crippen LogP contribution in [0.1, 0.15) is 36.0 Å². The molecule has 0 aliphatic carbocycles. The average Bonchev–Trinajstić information content (AvgIpc) is 3.04. The molecule has 1 aromatic heterocycles. The van der Waals surface area contributed by atoms with Gasteiger partial charge in [0, 0.05) is 31.0 Å². The van der Waals surface area contributed by atoms with Crippen molar-refractivity contribution in [2.24, 2.45) is 0 Å². The quantitative estimate of drug-likeness (QED) is 0.848. The molecule has 23 heavy (non-hydrogen) atoms. The Bertz CT molecular complexity index is 675. The van der Waals surface area contributed by atoms with Gasteiger partial charge in [0.15, 0.2) is 5.82 Å². The molecule has 0 bridgehead atoms. The number of hydrogen-bond donors (Lipinski definition) is 0. The van der Waals surface area contributed by atoms with Crippen LogP contribution in [0.15, 0.2) is 30.3 Å². The van der Waals surface area contributed by atoms with Gasteiger partial charge in [-0.15, -0.1) is 0 Å². The molecule has 0 unspecified atom stereocenters. The second kappa shape index (κ2) is 6.96. The molecule has 0 radical (unpaired) electrons. The monoisotopic (exact) mass is 313 g/mol. The van der Waals surface area contributed by atoms with Gasteiger partial charge in [-0.2, -0.15) is 0 Å². The van der Waals surface area contributed by atoms with Crippen molar-refractivity contribution in [3.8, 4) is 5.75 Å². The Morgan fingerprint density at radius 2 is 2.04 bits per heavy atom. The lowest BCUT2D eigenvalue weighted by Crippen LogP contribution is -2.24. The number of ether oxygens (including phenoxy) is 2. The van der Waals surface area contributed by atoms with E-state index in [1.54, 1.807) is 14.2 Å². The first-order valence-electron chi connectivity index (χ1n) is 7.96. The van der Waals surface area contributed by atoms with E-state index in [-0.39, 0.29) is 6.04 Å². The van der Waals surface area contributed by atoms with Crippen LogP contribution in [0.3, 0.4) is 0 Å². The number of hydrogen-bond acceptors (Lipinski definition) is 5. The van der Waals surface area contributed by atoms with Gasteiger partial charge in [-0.25, -0.2) is 9.97 Å². The third kappa shape index (κ3) is 3.29. The summed E-state index contributed by atoms with van der Waals surface area (Å²) in [6.07, 6.45) is 2.24. The molecule has 2 aromatic rings. The maximum Gasteiger partial charge on any atom is 0.156 e. The molecule has 0 amide bonds. The molecule has 3 rings (SSSR count). The predicted molar refractivity (Wildman–Crippen MR) is 89.8 cm³/mol. The number of benzene rings is 1. The van der Waals surface area contributed by atoms with Crippen molar-refractivity contribution in [3.63, 3.8) is 0 Å². The molecule has 1 atom stereocenters. The number of para-hydroxylation sites is 1. The topological polar surface area (TPSA) is 47.5 Å². The van der Waals surface area contributed by atoms with Crippen molar-refractivity contribution < 1.29 is 9.47 Å². The summed E-state index contributed by atoms with van der Waals surface area (Å²) in [6, 6.07) is 10.6. The van der Waals surface area contributed by atoms with Crippen molar-refractivity contribution in [2.45, 2.75) is 32.4 Å². The van der Waals surface area contributed by atoms with Crippen LogP contribution < -0.4 is 9.64 Å². The minimum atomic E-state index is 0.288. The van der Waals surface area contributed by atoms with Gasteiger partial charge in [-0.05, 0) is 25.8 Å². The Morgan fingerprint density at radius 1 is 1.22 bits per heavy atom. The van der Waals surface area contributed by atoms with Crippen LogP contribution in [0, 0.1) is 6.92 Å². The molecule has 1 aromatic carbocycles. The zero-order chi connectivity index (χ0) is 16.2. The van der Waals surface area contributed by atoms with Crippen molar-refractivity contribution >= 4 is 5.82 Å². The van der Waals surface area contributed by atoms with E-state index < -0.39 is 0 Å². The molecule has 0 N–H and O–H groups in total. The Labute approximate surface area is 137 Å². The molecule has 122 valence electrons. The highest BCUT2D eigenvalue weighted by Crippen LogP contribution is 2.39. The second-order valence-electron chi connectivity index (χ2n) is 5.81. The summed E-state index contributed by atoms with van der Waals surface area (Å²) < 4.78 is 10.7. The summed E-state index contributed by atoms with van der Waals surface area (Å²) in [7, 11) is 3.39. The Balaban J connectivity index is 1.95. The van der Waals surface area contributed by atoms with E-state index in [0.717, 1.165) is 42.5 Å². The molecule has 1 saturated heterocycles. The van der Waals surface area contributed by atoms with Crippen LogP contribution >= 0.6 is 0 Å². The van der Waals surface area contributed by atoms with Gasteiger partial charge in [0.25, 0.3) is 0 Å². The molecule has 5 heteroatoms. The molecular weight excluding hydrogens is 290 g/mol. The SMILES string of the molecule is COCc1nc(C)cc(N2CCC[C@H]2c2ccccc2OC)n1. The first-order valence-corrected chi connectivity index (χ1v) is 7.96. The average molecular weight is 313 g/mol. The van der Waals surface area contributed by atoms with Gasteiger partial charge >= 0.3 is 0 Å². The molecule has 1 aliphatic rings. The van der Waals surface area contributed by atoms with E-state index in [0.29, 0.717) is 6.61 Å². The Morgan fingerprint density at radius 3 is 2.83 bits per heavy atom. The lowest BCUT2D eigenvalue weighted by Gasteiger charge is -2.27. The molecule has 0 spiro atoms. The van der Waals surface area contributed by atoms with E-state index in [1.807, 2.05) is 25.1 Å². The van der Waals surface area contributed by atoms with Gasteiger partial charge in [-0.3, -0.25) is 0 Å². The molecule has 5 nitrogen and oxygen atoms in total. The highest BCUT2D eigenvalue weighted by molar-refractivity contribution is 5.48. The highest BCUT2D eigenvalue weighted by Gasteiger charge is 2.29. The molecule has 0 saturated carbocycles. The largest absolute Gasteiger partial charge is 0.496 e. The van der Waals surface area contributed by atoms with Gasteiger partial charge in [0.05, 0.1) is 13.2 Å². The van der Waals surface area contributed by atoms with Gasteiger partial charge in [0.2, 0.25) is 0 Å². The summed E-state index contributed by atoms with van der Waals surface area (Å²) in [5, 5.41) is 0. The standard InChI is InChI=1S/C18H23N3O2/c1-13-11-18(20-17(19-13)12-22-2)21-10-6-8-15(21)14-7-4-5-9-16(14)23-3/h4-5,7,9,11,15H,6,8,10,12H2,1-3H3/t15-/m0/s1. The smallest absolute Gasteiger partial charge is 0.156 e. The van der Waals surface area contributed by atoms with E-state index >= 15 is 0 Å². The van der Waals surface area contributed by atoms with Crippen LogP contribution in [-0.4, -0.2) is 30.7 Å². The predicted octanol–water partition coefficient (Wildman–Crippen LogP) is 3.28. The summed E-state index contributed by atoms with van der Waals surface area (Å²) >= 11 is 0. The number of methoxy groups -OCH3 is 2. The second-order valence-corrected chi connectivity index (χ2v) is 5.81. The number of nitrogens with zero attached hydrogens (tertiary/aromatic N) is 3. The van der Waals surface area contributed by atoms with E-state index in [2.05, 4.69) is 27.0 Å². The molecule has 1 fully saturated rings. The highest BCUT2D eigenvalue weighted by atomic mass is 16.5. The maximum absolute atomic E-state index is 5.55. The first-order chi connectivity index (χ1) is 11.2. The summed E-state index contributed by atoms with van der Waals surface area (Å²) in [6.45, 7) is 3.42. The lowest BCUT2D eigenvalue weighted by molar-refractivity contribution is 0.177. The van der Waals surface area contributed by atoms with Crippen LogP contribution in [0.25, 0.3) is 0 Å². The minimum absolute atomic E-state index is 0.288. The van der Waals surface area contributed by atoms with Gasteiger partial charge in [0.1, 0.15) is 18.2 Å². The fourth-order valence-electron chi connectivity index (χ4n) is 3.26. The summed E-state index contributed by atoms with van der Waals surface area (Å²) in [5.74, 6) is 2.64. The summed E-state index contributed by atoms with van der Waals surface area (Å²) in [5.41, 5.74) is 2.18. The van der Waals surface area contributed by atoms with Crippen LogP contribution in [0.4, 0.5) is 5.82 Å². The van der Waals surface area contributed by atoms with E-state index in [9.17, 15) is 0 Å². The normalized spacial score (nSPS) is 17.5. The molecule has 2 heterocycles. The van der Waals surface area contributed by atoms with E-state index in [4.69, 9.17) is 9.47 Å². The minimum Gasteiger partial charge on any atom is -0.496 e. The molecular formula is C18H23N3O2. The van der Waals surface area contributed by atoms with Gasteiger partial charge < -0.3 is 14.4 Å². The first kappa shape index (κ1) is 15.7. The van der Waals surface area contributed by atoms with E-state index in [1.165, 1.54) is 5.56 Å². The van der Waals surface area contributed by atoms with Crippen LogP contribution in [0.2, 0.25) is 0 Å². The van der Waals surface area contributed by atoms with Crippen molar-refractivity contribution in [2.75, 3.05) is 25.7 Å². The zero-order valence-electron chi connectivity index (χ0n) is 14.0. The van der Waals surface area contributed by atoms with Gasteiger partial charge in [-0.1, -0.05) is 18.2 Å². The maximum atomic E-state index is 5.55. The fourth-order valence-corrected chi connectivity index (χ4v) is 3.26. The third-order valence-corrected chi connectivity index (χ3v) is 4.21. The number of aromatic nitrogens is 2. The molecule has 1 aliphatic heterocycles. The van der Waals surface area contributed by atoms with Crippen molar-refractivity contribution in [1.29, 1.82) is 0 Å². The van der Waals surface area contributed by atoms with Crippen molar-refractivity contribution in [3.05, 3.63) is 47.4 Å².